The average Bonchev–Trinajstić information content (AvgIpc) is 2.93. The van der Waals surface area contributed by atoms with Crippen LogP contribution in [0.3, 0.4) is 0 Å². The van der Waals surface area contributed by atoms with Gasteiger partial charge in [0.2, 0.25) is 0 Å². The molecule has 2 heterocycles. The van der Waals surface area contributed by atoms with Crippen LogP contribution < -0.4 is 4.74 Å². The highest BCUT2D eigenvalue weighted by Crippen LogP contribution is 2.32. The highest BCUT2D eigenvalue weighted by Gasteiger charge is 2.42. The van der Waals surface area contributed by atoms with Gasteiger partial charge in [0.1, 0.15) is 5.75 Å². The second kappa shape index (κ2) is 7.73. The van der Waals surface area contributed by atoms with Gasteiger partial charge in [-0.3, -0.25) is 9.69 Å². The number of benzene rings is 2. The van der Waals surface area contributed by atoms with Gasteiger partial charge >= 0.3 is 0 Å². The first kappa shape index (κ1) is 18.1. The Morgan fingerprint density at radius 3 is 2.22 bits per heavy atom. The van der Waals surface area contributed by atoms with E-state index < -0.39 is 0 Å². The molecule has 142 valence electrons. The minimum absolute atomic E-state index is 0.139. The lowest BCUT2D eigenvalue weighted by molar-refractivity contribution is 0.0405. The summed E-state index contributed by atoms with van der Waals surface area (Å²) in [7, 11) is 0. The van der Waals surface area contributed by atoms with Crippen LogP contribution >= 0.6 is 0 Å². The van der Waals surface area contributed by atoms with E-state index in [0.29, 0.717) is 12.1 Å². The van der Waals surface area contributed by atoms with E-state index in [1.807, 2.05) is 38.1 Å². The van der Waals surface area contributed by atoms with Crippen molar-refractivity contribution in [2.75, 3.05) is 13.1 Å². The average molecular weight is 364 g/mol. The van der Waals surface area contributed by atoms with Gasteiger partial charge in [0.05, 0.1) is 6.10 Å². The van der Waals surface area contributed by atoms with Gasteiger partial charge in [0, 0.05) is 37.3 Å². The van der Waals surface area contributed by atoms with Gasteiger partial charge in [0.15, 0.2) is 0 Å². The van der Waals surface area contributed by atoms with Crippen LogP contribution in [0, 0.1) is 0 Å². The summed E-state index contributed by atoms with van der Waals surface area (Å²) in [5.74, 6) is 0.982. The third-order valence-electron chi connectivity index (χ3n) is 5.51. The number of likely N-dealkylation sites (tertiary alicyclic amines) is 1. The monoisotopic (exact) mass is 364 g/mol. The first-order valence-corrected chi connectivity index (χ1v) is 9.96. The van der Waals surface area contributed by atoms with E-state index in [2.05, 4.69) is 40.1 Å². The van der Waals surface area contributed by atoms with E-state index >= 15 is 0 Å². The molecule has 2 aromatic carbocycles. The topological polar surface area (TPSA) is 32.8 Å². The summed E-state index contributed by atoms with van der Waals surface area (Å²) in [5.41, 5.74) is 2.11. The number of hydrogen-bond donors (Lipinski definition) is 0. The summed E-state index contributed by atoms with van der Waals surface area (Å²) in [6.45, 7) is 6.91. The molecule has 2 aromatic rings. The summed E-state index contributed by atoms with van der Waals surface area (Å²) >= 11 is 0. The number of fused-ring (bicyclic) bond motifs is 2. The van der Waals surface area contributed by atoms with Crippen molar-refractivity contribution in [1.29, 1.82) is 0 Å². The van der Waals surface area contributed by atoms with Crippen molar-refractivity contribution in [3.63, 3.8) is 0 Å². The maximum atomic E-state index is 13.1. The molecule has 2 aliphatic rings. The highest BCUT2D eigenvalue weighted by atomic mass is 16.5. The van der Waals surface area contributed by atoms with E-state index in [1.54, 1.807) is 0 Å². The maximum absolute atomic E-state index is 13.1. The fraction of sp³-hybridized carbons (Fsp3) is 0.435. The molecule has 4 rings (SSSR count). The van der Waals surface area contributed by atoms with Crippen molar-refractivity contribution in [2.45, 2.75) is 51.4 Å². The molecule has 0 spiro atoms. The van der Waals surface area contributed by atoms with Crippen molar-refractivity contribution in [2.24, 2.45) is 0 Å². The Bertz CT molecular complexity index is 759. The van der Waals surface area contributed by atoms with Gasteiger partial charge in [-0.25, -0.2) is 0 Å². The molecule has 0 unspecified atom stereocenters. The molecule has 2 aliphatic heterocycles. The van der Waals surface area contributed by atoms with Gasteiger partial charge < -0.3 is 9.64 Å². The Kier molecular flexibility index (Phi) is 5.17. The Morgan fingerprint density at radius 1 is 1.00 bits per heavy atom. The summed E-state index contributed by atoms with van der Waals surface area (Å²) in [6, 6.07) is 18.9. The predicted octanol–water partition coefficient (Wildman–Crippen LogP) is 3.96. The van der Waals surface area contributed by atoms with Crippen LogP contribution in [0.2, 0.25) is 0 Å². The van der Waals surface area contributed by atoms with E-state index in [4.69, 9.17) is 4.74 Å². The van der Waals surface area contributed by atoms with Gasteiger partial charge in [-0.1, -0.05) is 30.3 Å². The van der Waals surface area contributed by atoms with Crippen molar-refractivity contribution < 1.29 is 9.53 Å². The Morgan fingerprint density at radius 2 is 1.63 bits per heavy atom. The molecule has 0 saturated carbocycles. The number of rotatable bonds is 5. The molecule has 0 N–H and O–H groups in total. The quantitative estimate of drug-likeness (QED) is 0.805. The minimum atomic E-state index is 0.139. The lowest BCUT2D eigenvalue weighted by Crippen LogP contribution is -2.55. The number of hydrogen-bond acceptors (Lipinski definition) is 3. The zero-order chi connectivity index (χ0) is 18.8. The molecule has 0 aliphatic carbocycles. The van der Waals surface area contributed by atoms with Gasteiger partial charge in [-0.15, -0.1) is 0 Å². The lowest BCUT2D eigenvalue weighted by atomic mass is 10.1. The van der Waals surface area contributed by atoms with Crippen LogP contribution in [0.5, 0.6) is 5.75 Å². The van der Waals surface area contributed by atoms with Crippen molar-refractivity contribution in [1.82, 2.24) is 9.80 Å². The summed E-state index contributed by atoms with van der Waals surface area (Å²) in [5, 5.41) is 0. The first-order valence-electron chi connectivity index (χ1n) is 9.96. The van der Waals surface area contributed by atoms with Gasteiger partial charge in [0.25, 0.3) is 5.91 Å². The minimum Gasteiger partial charge on any atom is -0.491 e. The zero-order valence-corrected chi connectivity index (χ0v) is 16.2. The predicted molar refractivity (Wildman–Crippen MR) is 107 cm³/mol. The third-order valence-corrected chi connectivity index (χ3v) is 5.51. The van der Waals surface area contributed by atoms with Crippen LogP contribution in [0.4, 0.5) is 0 Å². The Labute approximate surface area is 161 Å². The fourth-order valence-electron chi connectivity index (χ4n) is 4.39. The molecular weight excluding hydrogens is 336 g/mol. The second-order valence-electron chi connectivity index (χ2n) is 7.97. The molecular formula is C23H28N2O2. The fourth-order valence-corrected chi connectivity index (χ4v) is 4.39. The number of ether oxygens (including phenoxy) is 1. The van der Waals surface area contributed by atoms with Crippen molar-refractivity contribution in [3.05, 3.63) is 65.7 Å². The Hall–Kier alpha value is -2.33. The molecule has 2 bridgehead atoms. The number of nitrogens with zero attached hydrogens (tertiary/aromatic N) is 2. The second-order valence-corrected chi connectivity index (χ2v) is 7.97. The van der Waals surface area contributed by atoms with Crippen LogP contribution in [-0.4, -0.2) is 47.0 Å². The highest BCUT2D eigenvalue weighted by molar-refractivity contribution is 5.95. The number of carbonyl (C=O) groups is 1. The molecule has 2 fully saturated rings. The maximum Gasteiger partial charge on any atom is 0.254 e. The molecule has 2 saturated heterocycles. The van der Waals surface area contributed by atoms with Crippen LogP contribution in [0.15, 0.2) is 54.6 Å². The Balaban J connectivity index is 1.42. The molecule has 0 aromatic heterocycles. The molecule has 1 amide bonds. The summed E-state index contributed by atoms with van der Waals surface area (Å²) in [6.07, 6.45) is 2.35. The number of amides is 1. The van der Waals surface area contributed by atoms with E-state index in [9.17, 15) is 4.79 Å². The smallest absolute Gasteiger partial charge is 0.254 e. The molecule has 0 radical (unpaired) electrons. The summed E-state index contributed by atoms with van der Waals surface area (Å²) in [4.78, 5) is 17.8. The van der Waals surface area contributed by atoms with Crippen LogP contribution in [-0.2, 0) is 6.54 Å². The molecule has 27 heavy (non-hydrogen) atoms. The zero-order valence-electron chi connectivity index (χ0n) is 16.2. The third kappa shape index (κ3) is 4.01. The molecule has 4 nitrogen and oxygen atoms in total. The largest absolute Gasteiger partial charge is 0.491 e. The van der Waals surface area contributed by atoms with Crippen LogP contribution in [0.25, 0.3) is 0 Å². The van der Waals surface area contributed by atoms with E-state index in [1.165, 1.54) is 5.56 Å². The van der Waals surface area contributed by atoms with Crippen molar-refractivity contribution in [3.8, 4) is 5.75 Å². The summed E-state index contributed by atoms with van der Waals surface area (Å²) < 4.78 is 5.69. The number of carbonyl (C=O) groups excluding carboxylic acids is 1. The van der Waals surface area contributed by atoms with E-state index in [-0.39, 0.29) is 12.0 Å². The molecule has 2 atom stereocenters. The molecule has 4 heteroatoms. The van der Waals surface area contributed by atoms with Gasteiger partial charge in [-0.2, -0.15) is 0 Å². The first-order chi connectivity index (χ1) is 13.1. The normalized spacial score (nSPS) is 22.3. The van der Waals surface area contributed by atoms with Crippen LogP contribution in [0.1, 0.15) is 42.6 Å². The number of piperazine rings is 1. The van der Waals surface area contributed by atoms with Gasteiger partial charge in [-0.05, 0) is 56.5 Å². The van der Waals surface area contributed by atoms with Crippen molar-refractivity contribution >= 4 is 5.91 Å². The standard InChI is InChI=1S/C23H28N2O2/c1-17(2)27-22-12-8-19(9-13-22)23(26)25-20-10-11-21(25)16-24(15-20)14-18-6-4-3-5-7-18/h3-9,12-13,17,20-21H,10-11,14-16H2,1-2H3/t20-,21-/m0/s1. The SMILES string of the molecule is CC(C)Oc1ccc(C(=O)N2[C@H]3CC[C@H]2CN(Cc2ccccc2)C3)cc1. The lowest BCUT2D eigenvalue weighted by Gasteiger charge is -2.41. The van der Waals surface area contributed by atoms with E-state index in [0.717, 1.165) is 43.8 Å².